The van der Waals surface area contributed by atoms with Crippen LogP contribution in [0.5, 0.6) is 0 Å². The maximum absolute atomic E-state index is 12.9. The van der Waals surface area contributed by atoms with E-state index in [0.29, 0.717) is 28.0 Å². The molecule has 1 unspecified atom stereocenters. The van der Waals surface area contributed by atoms with Crippen LogP contribution < -0.4 is 0 Å². The van der Waals surface area contributed by atoms with Gasteiger partial charge in [-0.3, -0.25) is 9.78 Å². The second kappa shape index (κ2) is 9.29. The van der Waals surface area contributed by atoms with Crippen LogP contribution in [0.2, 0.25) is 0 Å². The van der Waals surface area contributed by atoms with Crippen LogP contribution in [-0.4, -0.2) is 23.3 Å². The molecule has 0 saturated heterocycles. The van der Waals surface area contributed by atoms with Gasteiger partial charge in [-0.15, -0.1) is 0 Å². The molecule has 3 rings (SSSR count). The number of ketones is 1. The molecule has 0 N–H and O–H groups in total. The number of benzene rings is 1. The first-order valence-corrected chi connectivity index (χ1v) is 10.0. The minimum atomic E-state index is -0.668. The summed E-state index contributed by atoms with van der Waals surface area (Å²) in [5.41, 5.74) is 1.98. The normalized spacial score (nSPS) is 15.0. The predicted molar refractivity (Wildman–Crippen MR) is 110 cm³/mol. The van der Waals surface area contributed by atoms with Crippen LogP contribution in [0.1, 0.15) is 66.7 Å². The summed E-state index contributed by atoms with van der Waals surface area (Å²) in [5.74, 6) is -0.559. The number of nitriles is 1. The molecule has 5 nitrogen and oxygen atoms in total. The molecule has 1 atom stereocenters. The summed E-state index contributed by atoms with van der Waals surface area (Å²) in [6.45, 7) is 4.48. The van der Waals surface area contributed by atoms with Crippen molar-refractivity contribution in [2.24, 2.45) is 5.92 Å². The van der Waals surface area contributed by atoms with E-state index in [4.69, 9.17) is 4.74 Å². The van der Waals surface area contributed by atoms with Crippen LogP contribution in [0, 0.1) is 17.2 Å². The Labute approximate surface area is 171 Å². The molecule has 1 heterocycles. The zero-order valence-corrected chi connectivity index (χ0v) is 16.8. The molecule has 29 heavy (non-hydrogen) atoms. The van der Waals surface area contributed by atoms with Crippen LogP contribution in [0.15, 0.2) is 48.2 Å². The van der Waals surface area contributed by atoms with Crippen molar-refractivity contribution in [3.63, 3.8) is 0 Å². The first-order chi connectivity index (χ1) is 14.1. The Morgan fingerprint density at radius 1 is 1.14 bits per heavy atom. The van der Waals surface area contributed by atoms with Crippen molar-refractivity contribution in [1.82, 2.24) is 4.98 Å². The van der Waals surface area contributed by atoms with E-state index < -0.39 is 5.97 Å². The molecule has 0 bridgehead atoms. The fraction of sp³-hybridized carbons (Fsp3) is 0.333. The molecular formula is C24H24N2O3. The number of hydrogen-bond donors (Lipinski definition) is 0. The molecule has 148 valence electrons. The SMILES string of the molecule is CCCCC(CC)COC(=O)/C(C#N)=C1\c2ccccc2C(=O)c2cccnc21. The first kappa shape index (κ1) is 20.5. The van der Waals surface area contributed by atoms with Crippen molar-refractivity contribution in [2.75, 3.05) is 6.61 Å². The van der Waals surface area contributed by atoms with Gasteiger partial charge in [0.25, 0.3) is 0 Å². The average Bonchev–Trinajstić information content (AvgIpc) is 2.76. The van der Waals surface area contributed by atoms with E-state index in [9.17, 15) is 14.9 Å². The van der Waals surface area contributed by atoms with Gasteiger partial charge in [-0.1, -0.05) is 57.4 Å². The lowest BCUT2D eigenvalue weighted by atomic mass is 9.82. The van der Waals surface area contributed by atoms with Gasteiger partial charge in [0.05, 0.1) is 12.3 Å². The molecule has 0 radical (unpaired) electrons. The highest BCUT2D eigenvalue weighted by atomic mass is 16.5. The van der Waals surface area contributed by atoms with Gasteiger partial charge in [0.1, 0.15) is 11.6 Å². The van der Waals surface area contributed by atoms with Crippen molar-refractivity contribution in [2.45, 2.75) is 39.5 Å². The van der Waals surface area contributed by atoms with Crippen molar-refractivity contribution in [1.29, 1.82) is 5.26 Å². The number of pyridine rings is 1. The molecule has 2 aromatic rings. The van der Waals surface area contributed by atoms with Crippen molar-refractivity contribution < 1.29 is 14.3 Å². The van der Waals surface area contributed by atoms with Crippen LogP contribution in [0.25, 0.3) is 5.57 Å². The van der Waals surface area contributed by atoms with E-state index in [1.54, 1.807) is 42.6 Å². The monoisotopic (exact) mass is 388 g/mol. The fourth-order valence-corrected chi connectivity index (χ4v) is 3.58. The highest BCUT2D eigenvalue weighted by Gasteiger charge is 2.32. The van der Waals surface area contributed by atoms with Gasteiger partial charge < -0.3 is 4.74 Å². The Balaban J connectivity index is 2.02. The maximum atomic E-state index is 12.9. The van der Waals surface area contributed by atoms with Gasteiger partial charge in [0, 0.05) is 22.9 Å². The van der Waals surface area contributed by atoms with E-state index in [-0.39, 0.29) is 23.9 Å². The zero-order valence-electron chi connectivity index (χ0n) is 16.8. The Morgan fingerprint density at radius 2 is 1.86 bits per heavy atom. The van der Waals surface area contributed by atoms with Crippen LogP contribution in [-0.2, 0) is 9.53 Å². The third kappa shape index (κ3) is 4.12. The van der Waals surface area contributed by atoms with Gasteiger partial charge in [-0.25, -0.2) is 4.79 Å². The van der Waals surface area contributed by atoms with Crippen molar-refractivity contribution >= 4 is 17.3 Å². The number of hydrogen-bond acceptors (Lipinski definition) is 5. The summed E-state index contributed by atoms with van der Waals surface area (Å²) >= 11 is 0. The van der Waals surface area contributed by atoms with Crippen LogP contribution >= 0.6 is 0 Å². The number of esters is 1. The Hall–Kier alpha value is -3.26. The third-order valence-corrected chi connectivity index (χ3v) is 5.29. The highest BCUT2D eigenvalue weighted by molar-refractivity contribution is 6.21. The number of nitrogens with zero attached hydrogens (tertiary/aromatic N) is 2. The lowest BCUT2D eigenvalue weighted by Crippen LogP contribution is -2.20. The quantitative estimate of drug-likeness (QED) is 0.333. The molecule has 0 amide bonds. The maximum Gasteiger partial charge on any atom is 0.349 e. The van der Waals surface area contributed by atoms with Gasteiger partial charge in [0.15, 0.2) is 5.78 Å². The summed E-state index contributed by atoms with van der Waals surface area (Å²) in [6, 6.07) is 12.3. The Kier molecular flexibility index (Phi) is 6.56. The smallest absolute Gasteiger partial charge is 0.349 e. The largest absolute Gasteiger partial charge is 0.461 e. The molecule has 0 aliphatic heterocycles. The predicted octanol–water partition coefficient (Wildman–Crippen LogP) is 4.71. The van der Waals surface area contributed by atoms with Gasteiger partial charge in [-0.2, -0.15) is 5.26 Å². The van der Waals surface area contributed by atoms with Crippen LogP contribution in [0.3, 0.4) is 0 Å². The first-order valence-electron chi connectivity index (χ1n) is 10.0. The minimum Gasteiger partial charge on any atom is -0.461 e. The van der Waals surface area contributed by atoms with Crippen molar-refractivity contribution in [3.05, 3.63) is 70.6 Å². The van der Waals surface area contributed by atoms with E-state index in [1.165, 1.54) is 0 Å². The zero-order chi connectivity index (χ0) is 20.8. The average molecular weight is 388 g/mol. The van der Waals surface area contributed by atoms with E-state index >= 15 is 0 Å². The summed E-state index contributed by atoms with van der Waals surface area (Å²) in [5, 5.41) is 9.81. The second-order valence-corrected chi connectivity index (χ2v) is 7.15. The van der Waals surface area contributed by atoms with E-state index in [1.807, 2.05) is 6.07 Å². The lowest BCUT2D eigenvalue weighted by molar-refractivity contribution is -0.139. The Morgan fingerprint density at radius 3 is 2.55 bits per heavy atom. The number of fused-ring (bicyclic) bond motifs is 2. The highest BCUT2D eigenvalue weighted by Crippen LogP contribution is 2.36. The number of carbonyl (C=O) groups is 2. The van der Waals surface area contributed by atoms with Gasteiger partial charge in [-0.05, 0) is 30.0 Å². The lowest BCUT2D eigenvalue weighted by Gasteiger charge is -2.21. The number of carbonyl (C=O) groups excluding carboxylic acids is 2. The van der Waals surface area contributed by atoms with E-state index in [2.05, 4.69) is 18.8 Å². The molecular weight excluding hydrogens is 364 g/mol. The summed E-state index contributed by atoms with van der Waals surface area (Å²) in [6.07, 6.45) is 5.62. The van der Waals surface area contributed by atoms with Crippen LogP contribution in [0.4, 0.5) is 0 Å². The molecule has 1 aliphatic rings. The number of aromatic nitrogens is 1. The molecule has 1 aromatic heterocycles. The number of ether oxygens (including phenoxy) is 1. The third-order valence-electron chi connectivity index (χ3n) is 5.29. The molecule has 0 fully saturated rings. The number of unbranched alkanes of at least 4 members (excludes halogenated alkanes) is 1. The van der Waals surface area contributed by atoms with Gasteiger partial charge in [0.2, 0.25) is 0 Å². The fourth-order valence-electron chi connectivity index (χ4n) is 3.58. The summed E-state index contributed by atoms with van der Waals surface area (Å²) in [7, 11) is 0. The van der Waals surface area contributed by atoms with Crippen molar-refractivity contribution in [3.8, 4) is 6.07 Å². The van der Waals surface area contributed by atoms with E-state index in [0.717, 1.165) is 25.7 Å². The summed E-state index contributed by atoms with van der Waals surface area (Å²) < 4.78 is 5.52. The molecule has 0 spiro atoms. The molecule has 0 saturated carbocycles. The molecule has 1 aromatic carbocycles. The topological polar surface area (TPSA) is 80.0 Å². The standard InChI is InChI=1S/C24H24N2O3/c1-3-5-9-16(4-2)15-29-24(28)20(14-25)21-17-10-6-7-11-18(17)23(27)19-12-8-13-26-22(19)21/h6-8,10-13,16H,3-5,9,15H2,1-2H3/b21-20+. The van der Waals surface area contributed by atoms with Gasteiger partial charge >= 0.3 is 5.97 Å². The second-order valence-electron chi connectivity index (χ2n) is 7.15. The molecule has 1 aliphatic carbocycles. The summed E-state index contributed by atoms with van der Waals surface area (Å²) in [4.78, 5) is 30.0. The number of rotatable bonds is 7. The minimum absolute atomic E-state index is 0.116. The molecule has 5 heteroatoms. The Bertz CT molecular complexity index is 950.